The van der Waals surface area contributed by atoms with Crippen molar-refractivity contribution in [3.05, 3.63) is 94.5 Å². The number of nitrogens with zero attached hydrogens (tertiary/aromatic N) is 1. The van der Waals surface area contributed by atoms with Crippen molar-refractivity contribution in [1.29, 1.82) is 0 Å². The molecule has 0 fully saturated rings. The van der Waals surface area contributed by atoms with Gasteiger partial charge in [-0.3, -0.25) is 4.79 Å². The number of amides is 1. The zero-order valence-electron chi connectivity index (χ0n) is 19.9. The van der Waals surface area contributed by atoms with E-state index in [1.165, 1.54) is 25.3 Å². The summed E-state index contributed by atoms with van der Waals surface area (Å²) in [5.41, 5.74) is 1.96. The number of rotatable bonds is 6. The maximum Gasteiger partial charge on any atom is 0.416 e. The minimum Gasteiger partial charge on any atom is -0.465 e. The molecular weight excluding hydrogens is 471 g/mol. The zero-order chi connectivity index (χ0) is 26.0. The Morgan fingerprint density at radius 3 is 2.36 bits per heavy atom. The summed E-state index contributed by atoms with van der Waals surface area (Å²) in [6.07, 6.45) is -4.55. The molecule has 0 saturated carbocycles. The number of fused-ring (bicyclic) bond motifs is 1. The van der Waals surface area contributed by atoms with Crippen LogP contribution in [0.25, 0.3) is 11.3 Å². The minimum absolute atomic E-state index is 0.125. The lowest BCUT2D eigenvalue weighted by atomic mass is 9.98. The number of benzene rings is 3. The van der Waals surface area contributed by atoms with Gasteiger partial charge in [-0.1, -0.05) is 42.5 Å². The second-order valence-electron chi connectivity index (χ2n) is 8.55. The SMILES string of the molecule is COC(=O)c1ccc2c(c1)NC(=O)/C2=C(\Nc1ccc(CN(C)C)c(C(F)(F)F)c1)c1ccccc1. The predicted octanol–water partition coefficient (Wildman–Crippen LogP) is 5.49. The molecule has 1 amide bonds. The van der Waals surface area contributed by atoms with Gasteiger partial charge in [0.05, 0.1) is 35.2 Å². The topological polar surface area (TPSA) is 70.7 Å². The minimum atomic E-state index is -4.55. The molecule has 0 radical (unpaired) electrons. The third kappa shape index (κ3) is 5.11. The van der Waals surface area contributed by atoms with Crippen LogP contribution < -0.4 is 10.6 Å². The van der Waals surface area contributed by atoms with Gasteiger partial charge in [0.2, 0.25) is 0 Å². The summed E-state index contributed by atoms with van der Waals surface area (Å²) < 4.78 is 46.4. The second kappa shape index (κ2) is 9.87. The van der Waals surface area contributed by atoms with Crippen molar-refractivity contribution in [2.24, 2.45) is 0 Å². The molecule has 36 heavy (non-hydrogen) atoms. The van der Waals surface area contributed by atoms with Gasteiger partial charge in [-0.25, -0.2) is 4.79 Å². The Kier molecular flexibility index (Phi) is 6.85. The molecule has 0 aromatic heterocycles. The first kappa shape index (κ1) is 25.0. The van der Waals surface area contributed by atoms with Crippen LogP contribution in [0.5, 0.6) is 0 Å². The van der Waals surface area contributed by atoms with Crippen molar-refractivity contribution in [3.63, 3.8) is 0 Å². The van der Waals surface area contributed by atoms with Gasteiger partial charge in [0.15, 0.2) is 0 Å². The van der Waals surface area contributed by atoms with E-state index in [4.69, 9.17) is 4.74 Å². The first-order chi connectivity index (χ1) is 17.1. The van der Waals surface area contributed by atoms with E-state index < -0.39 is 23.6 Å². The van der Waals surface area contributed by atoms with Gasteiger partial charge in [-0.05, 0) is 49.5 Å². The molecule has 3 aromatic rings. The Morgan fingerprint density at radius 2 is 1.72 bits per heavy atom. The summed E-state index contributed by atoms with van der Waals surface area (Å²) >= 11 is 0. The van der Waals surface area contributed by atoms with E-state index in [1.54, 1.807) is 61.5 Å². The molecule has 0 saturated heterocycles. The molecule has 4 rings (SSSR count). The molecule has 0 aliphatic carbocycles. The number of esters is 1. The molecule has 1 heterocycles. The average molecular weight is 496 g/mol. The van der Waals surface area contributed by atoms with Crippen LogP contribution in [0.2, 0.25) is 0 Å². The third-order valence-corrected chi connectivity index (χ3v) is 5.67. The van der Waals surface area contributed by atoms with Crippen molar-refractivity contribution in [3.8, 4) is 0 Å². The lowest BCUT2D eigenvalue weighted by Crippen LogP contribution is -2.17. The quantitative estimate of drug-likeness (QED) is 0.350. The normalized spacial score (nSPS) is 14.4. The van der Waals surface area contributed by atoms with Crippen molar-refractivity contribution >= 4 is 34.5 Å². The van der Waals surface area contributed by atoms with Crippen LogP contribution in [-0.2, 0) is 22.3 Å². The predicted molar refractivity (Wildman–Crippen MR) is 132 cm³/mol. The van der Waals surface area contributed by atoms with E-state index in [1.807, 2.05) is 0 Å². The van der Waals surface area contributed by atoms with E-state index in [-0.39, 0.29) is 28.9 Å². The molecule has 186 valence electrons. The maximum atomic E-state index is 13.9. The fraction of sp³-hybridized carbons (Fsp3) is 0.185. The Balaban J connectivity index is 1.85. The van der Waals surface area contributed by atoms with E-state index in [0.717, 1.165) is 6.07 Å². The van der Waals surface area contributed by atoms with Gasteiger partial charge in [0, 0.05) is 17.8 Å². The molecule has 1 aliphatic heterocycles. The number of hydrogen-bond donors (Lipinski definition) is 2. The Labute approximate surface area is 206 Å². The summed E-state index contributed by atoms with van der Waals surface area (Å²) in [6.45, 7) is 0.125. The second-order valence-corrected chi connectivity index (χ2v) is 8.55. The molecule has 0 spiro atoms. The number of hydrogen-bond acceptors (Lipinski definition) is 5. The highest BCUT2D eigenvalue weighted by atomic mass is 19.4. The fourth-order valence-corrected chi connectivity index (χ4v) is 4.09. The summed E-state index contributed by atoms with van der Waals surface area (Å²) in [5.74, 6) is -0.998. The van der Waals surface area contributed by atoms with Crippen molar-refractivity contribution < 1.29 is 27.5 Å². The van der Waals surface area contributed by atoms with Crippen LogP contribution in [0, 0.1) is 0 Å². The van der Waals surface area contributed by atoms with Gasteiger partial charge in [-0.2, -0.15) is 13.2 Å². The van der Waals surface area contributed by atoms with Gasteiger partial charge < -0.3 is 20.3 Å². The number of alkyl halides is 3. The number of methoxy groups -OCH3 is 1. The first-order valence-corrected chi connectivity index (χ1v) is 11.0. The summed E-state index contributed by atoms with van der Waals surface area (Å²) in [4.78, 5) is 26.7. The van der Waals surface area contributed by atoms with Crippen molar-refractivity contribution in [2.75, 3.05) is 31.8 Å². The van der Waals surface area contributed by atoms with Gasteiger partial charge in [0.1, 0.15) is 0 Å². The maximum absolute atomic E-state index is 13.9. The van der Waals surface area contributed by atoms with Crippen LogP contribution in [0.3, 0.4) is 0 Å². The first-order valence-electron chi connectivity index (χ1n) is 11.0. The Morgan fingerprint density at radius 1 is 1.00 bits per heavy atom. The molecule has 3 aromatic carbocycles. The molecule has 1 aliphatic rings. The van der Waals surface area contributed by atoms with Gasteiger partial charge >= 0.3 is 12.1 Å². The number of carbonyl (C=O) groups excluding carboxylic acids is 2. The number of ether oxygens (including phenoxy) is 1. The van der Waals surface area contributed by atoms with Gasteiger partial charge in [-0.15, -0.1) is 0 Å². The van der Waals surface area contributed by atoms with E-state index in [0.29, 0.717) is 22.5 Å². The highest BCUT2D eigenvalue weighted by Crippen LogP contribution is 2.39. The Bertz CT molecular complexity index is 1350. The third-order valence-electron chi connectivity index (χ3n) is 5.67. The van der Waals surface area contributed by atoms with Crippen LogP contribution in [0.4, 0.5) is 24.5 Å². The lowest BCUT2D eigenvalue weighted by Gasteiger charge is -2.19. The summed E-state index contributed by atoms with van der Waals surface area (Å²) in [5, 5.41) is 5.80. The largest absolute Gasteiger partial charge is 0.465 e. The van der Waals surface area contributed by atoms with Crippen molar-refractivity contribution in [2.45, 2.75) is 12.7 Å². The zero-order valence-corrected chi connectivity index (χ0v) is 19.9. The van der Waals surface area contributed by atoms with Crippen LogP contribution in [0.15, 0.2) is 66.7 Å². The standard InChI is InChI=1S/C27H24F3N3O3/c1-33(2)15-18-9-11-19(14-21(18)27(28,29)30)31-24(16-7-5-4-6-8-16)23-20-12-10-17(26(35)36-3)13-22(20)32-25(23)34/h4-14,31H,15H2,1-3H3,(H,32,34)/b24-23-. The highest BCUT2D eigenvalue weighted by Gasteiger charge is 2.34. The van der Waals surface area contributed by atoms with E-state index in [9.17, 15) is 22.8 Å². The molecule has 2 N–H and O–H groups in total. The number of anilines is 2. The van der Waals surface area contributed by atoms with Gasteiger partial charge in [0.25, 0.3) is 5.91 Å². The van der Waals surface area contributed by atoms with E-state index >= 15 is 0 Å². The molecule has 0 unspecified atom stereocenters. The molecule has 9 heteroatoms. The summed E-state index contributed by atoms with van der Waals surface area (Å²) in [7, 11) is 4.66. The van der Waals surface area contributed by atoms with Crippen LogP contribution in [0.1, 0.15) is 32.6 Å². The lowest BCUT2D eigenvalue weighted by molar-refractivity contribution is -0.138. The van der Waals surface area contributed by atoms with Crippen molar-refractivity contribution in [1.82, 2.24) is 4.90 Å². The number of nitrogens with one attached hydrogen (secondary N) is 2. The van der Waals surface area contributed by atoms with Crippen LogP contribution in [-0.4, -0.2) is 38.0 Å². The smallest absolute Gasteiger partial charge is 0.416 e. The van der Waals surface area contributed by atoms with Crippen LogP contribution >= 0.6 is 0 Å². The molecule has 0 bridgehead atoms. The average Bonchev–Trinajstić information content (AvgIpc) is 3.17. The number of halogens is 3. The van der Waals surface area contributed by atoms with E-state index in [2.05, 4.69) is 10.6 Å². The molecule has 6 nitrogen and oxygen atoms in total. The molecule has 0 atom stereocenters. The molecular formula is C27H24F3N3O3. The monoisotopic (exact) mass is 495 g/mol. The Hall–Kier alpha value is -4.11. The fourth-order valence-electron chi connectivity index (χ4n) is 4.09. The highest BCUT2D eigenvalue weighted by molar-refractivity contribution is 6.37. The summed E-state index contributed by atoms with van der Waals surface area (Å²) in [6, 6.07) is 17.6. The number of carbonyl (C=O) groups is 2.